The Labute approximate surface area is 146 Å². The number of alkyl halides is 3. The lowest BCUT2D eigenvalue weighted by Crippen LogP contribution is -2.48. The molecule has 3 unspecified atom stereocenters. The van der Waals surface area contributed by atoms with E-state index in [9.17, 15) is 18.0 Å². The highest BCUT2D eigenvalue weighted by Crippen LogP contribution is 2.37. The van der Waals surface area contributed by atoms with E-state index >= 15 is 0 Å². The van der Waals surface area contributed by atoms with Crippen molar-refractivity contribution in [3.63, 3.8) is 0 Å². The molecule has 138 valence electrons. The number of carbonyl (C=O) groups excluding carboxylic acids is 1. The predicted octanol–water partition coefficient (Wildman–Crippen LogP) is 3.89. The van der Waals surface area contributed by atoms with Crippen LogP contribution < -0.4 is 5.32 Å². The Morgan fingerprint density at radius 2 is 1.88 bits per heavy atom. The van der Waals surface area contributed by atoms with Crippen LogP contribution in [0, 0.1) is 5.92 Å². The van der Waals surface area contributed by atoms with Crippen LogP contribution in [0.1, 0.15) is 44.1 Å². The van der Waals surface area contributed by atoms with Gasteiger partial charge in [-0.1, -0.05) is 36.8 Å². The second-order valence-corrected chi connectivity index (χ2v) is 7.22. The van der Waals surface area contributed by atoms with E-state index in [2.05, 4.69) is 10.2 Å². The summed E-state index contributed by atoms with van der Waals surface area (Å²) in [5, 5.41) is 2.90. The molecule has 1 aliphatic heterocycles. The van der Waals surface area contributed by atoms with Crippen molar-refractivity contribution in [3.8, 4) is 0 Å². The van der Waals surface area contributed by atoms with Crippen LogP contribution in [0.2, 0.25) is 0 Å². The third-order valence-electron chi connectivity index (χ3n) is 5.38. The summed E-state index contributed by atoms with van der Waals surface area (Å²) in [5.74, 6) is -1.39. The molecule has 6 heteroatoms. The van der Waals surface area contributed by atoms with Gasteiger partial charge < -0.3 is 5.32 Å². The molecule has 0 spiro atoms. The lowest BCUT2D eigenvalue weighted by molar-refractivity contribution is -0.184. The van der Waals surface area contributed by atoms with Gasteiger partial charge in [-0.15, -0.1) is 0 Å². The molecule has 1 heterocycles. The summed E-state index contributed by atoms with van der Waals surface area (Å²) in [6.07, 6.45) is -1.08. The Balaban J connectivity index is 1.56. The van der Waals surface area contributed by atoms with Crippen molar-refractivity contribution >= 4 is 5.91 Å². The second kappa shape index (κ2) is 7.77. The first kappa shape index (κ1) is 18.2. The number of halogens is 3. The summed E-state index contributed by atoms with van der Waals surface area (Å²) < 4.78 is 38.8. The maximum atomic E-state index is 12.9. The zero-order valence-electron chi connectivity index (χ0n) is 14.3. The van der Waals surface area contributed by atoms with Crippen LogP contribution in [0.25, 0.3) is 0 Å². The maximum absolute atomic E-state index is 12.9. The fourth-order valence-corrected chi connectivity index (χ4v) is 4.05. The third-order valence-corrected chi connectivity index (χ3v) is 5.38. The first-order valence-corrected chi connectivity index (χ1v) is 9.08. The molecule has 1 aromatic carbocycles. The van der Waals surface area contributed by atoms with Gasteiger partial charge in [0.25, 0.3) is 0 Å². The molecule has 1 aromatic rings. The van der Waals surface area contributed by atoms with Crippen molar-refractivity contribution in [2.45, 2.75) is 63.3 Å². The van der Waals surface area contributed by atoms with Crippen LogP contribution in [0.5, 0.6) is 0 Å². The van der Waals surface area contributed by atoms with Crippen molar-refractivity contribution in [1.82, 2.24) is 10.2 Å². The summed E-state index contributed by atoms with van der Waals surface area (Å²) in [4.78, 5) is 14.8. The van der Waals surface area contributed by atoms with E-state index in [-0.39, 0.29) is 30.8 Å². The number of hydrogen-bond acceptors (Lipinski definition) is 2. The molecule has 3 atom stereocenters. The Morgan fingerprint density at radius 3 is 2.60 bits per heavy atom. The Kier molecular flexibility index (Phi) is 5.67. The first-order valence-electron chi connectivity index (χ1n) is 9.08. The second-order valence-electron chi connectivity index (χ2n) is 7.22. The van der Waals surface area contributed by atoms with Gasteiger partial charge in [0.2, 0.25) is 5.91 Å². The monoisotopic (exact) mass is 354 g/mol. The molecule has 0 aromatic heterocycles. The van der Waals surface area contributed by atoms with Gasteiger partial charge in [-0.05, 0) is 44.2 Å². The average molecular weight is 354 g/mol. The van der Waals surface area contributed by atoms with Crippen molar-refractivity contribution < 1.29 is 18.0 Å². The molecular formula is C19H25F3N2O. The fourth-order valence-electron chi connectivity index (χ4n) is 4.05. The molecule has 0 bridgehead atoms. The largest absolute Gasteiger partial charge is 0.391 e. The SMILES string of the molecule is O=C(NC1CCCC(C(F)(F)F)C1)C1CCCN1Cc1ccccc1. The highest BCUT2D eigenvalue weighted by Gasteiger charge is 2.43. The van der Waals surface area contributed by atoms with Crippen molar-refractivity contribution in [2.75, 3.05) is 6.54 Å². The van der Waals surface area contributed by atoms with Crippen molar-refractivity contribution in [1.29, 1.82) is 0 Å². The number of benzene rings is 1. The van der Waals surface area contributed by atoms with Gasteiger partial charge in [-0.2, -0.15) is 13.2 Å². The Bertz CT molecular complexity index is 576. The molecule has 3 rings (SSSR count). The molecule has 1 saturated carbocycles. The predicted molar refractivity (Wildman–Crippen MR) is 89.8 cm³/mol. The zero-order valence-corrected chi connectivity index (χ0v) is 14.3. The van der Waals surface area contributed by atoms with Gasteiger partial charge in [0, 0.05) is 12.6 Å². The highest BCUT2D eigenvalue weighted by molar-refractivity contribution is 5.82. The average Bonchev–Trinajstić information content (AvgIpc) is 3.03. The zero-order chi connectivity index (χ0) is 17.9. The lowest BCUT2D eigenvalue weighted by atomic mass is 9.85. The standard InChI is InChI=1S/C19H25F3N2O/c20-19(21,22)15-8-4-9-16(12-15)23-18(25)17-10-5-11-24(17)13-14-6-2-1-3-7-14/h1-3,6-7,15-17H,4-5,8-13H2,(H,23,25). The van der Waals surface area contributed by atoms with E-state index in [0.29, 0.717) is 19.4 Å². The molecule has 1 aliphatic carbocycles. The number of nitrogens with zero attached hydrogens (tertiary/aromatic N) is 1. The third kappa shape index (κ3) is 4.75. The Morgan fingerprint density at radius 1 is 1.12 bits per heavy atom. The van der Waals surface area contributed by atoms with Crippen LogP contribution >= 0.6 is 0 Å². The van der Waals surface area contributed by atoms with E-state index in [1.807, 2.05) is 30.3 Å². The summed E-state index contributed by atoms with van der Waals surface area (Å²) in [5.41, 5.74) is 1.15. The molecule has 1 amide bonds. The molecule has 3 nitrogen and oxygen atoms in total. The quantitative estimate of drug-likeness (QED) is 0.890. The van der Waals surface area contributed by atoms with Gasteiger partial charge in [0.1, 0.15) is 0 Å². The van der Waals surface area contributed by atoms with E-state index in [1.54, 1.807) is 0 Å². The number of rotatable bonds is 4. The van der Waals surface area contributed by atoms with Gasteiger partial charge in [-0.25, -0.2) is 0 Å². The summed E-state index contributed by atoms with van der Waals surface area (Å²) in [6.45, 7) is 1.55. The number of amides is 1. The van der Waals surface area contributed by atoms with E-state index in [4.69, 9.17) is 0 Å². The van der Waals surface area contributed by atoms with E-state index < -0.39 is 12.1 Å². The topological polar surface area (TPSA) is 32.3 Å². The normalized spacial score (nSPS) is 28.0. The van der Waals surface area contributed by atoms with Crippen molar-refractivity contribution in [3.05, 3.63) is 35.9 Å². The van der Waals surface area contributed by atoms with Gasteiger partial charge in [0.15, 0.2) is 0 Å². The summed E-state index contributed by atoms with van der Waals surface area (Å²) in [6, 6.07) is 9.38. The summed E-state index contributed by atoms with van der Waals surface area (Å²) >= 11 is 0. The molecule has 2 fully saturated rings. The van der Waals surface area contributed by atoms with Crippen molar-refractivity contribution in [2.24, 2.45) is 5.92 Å². The molecule has 1 N–H and O–H groups in total. The lowest BCUT2D eigenvalue weighted by Gasteiger charge is -2.32. The number of carbonyl (C=O) groups is 1. The smallest absolute Gasteiger partial charge is 0.352 e. The van der Waals surface area contributed by atoms with E-state index in [1.165, 1.54) is 0 Å². The summed E-state index contributed by atoms with van der Waals surface area (Å²) in [7, 11) is 0. The van der Waals surface area contributed by atoms with Crippen LogP contribution in [0.4, 0.5) is 13.2 Å². The van der Waals surface area contributed by atoms with Gasteiger partial charge in [-0.3, -0.25) is 9.69 Å². The van der Waals surface area contributed by atoms with Gasteiger partial charge in [0.05, 0.1) is 12.0 Å². The van der Waals surface area contributed by atoms with Crippen LogP contribution in [-0.4, -0.2) is 35.6 Å². The minimum absolute atomic E-state index is 0.0145. The minimum Gasteiger partial charge on any atom is -0.352 e. The number of nitrogens with one attached hydrogen (secondary N) is 1. The molecule has 0 radical (unpaired) electrons. The van der Waals surface area contributed by atoms with Crippen LogP contribution in [0.15, 0.2) is 30.3 Å². The fraction of sp³-hybridized carbons (Fsp3) is 0.632. The minimum atomic E-state index is -4.16. The molecule has 1 saturated heterocycles. The maximum Gasteiger partial charge on any atom is 0.391 e. The number of hydrogen-bond donors (Lipinski definition) is 1. The Hall–Kier alpha value is -1.56. The molecule has 25 heavy (non-hydrogen) atoms. The first-order chi connectivity index (χ1) is 11.9. The van der Waals surface area contributed by atoms with Gasteiger partial charge >= 0.3 is 6.18 Å². The highest BCUT2D eigenvalue weighted by atomic mass is 19.4. The molecule has 2 aliphatic rings. The molecular weight excluding hydrogens is 329 g/mol. The van der Waals surface area contributed by atoms with E-state index in [0.717, 1.165) is 24.9 Å². The van der Waals surface area contributed by atoms with Crippen LogP contribution in [-0.2, 0) is 11.3 Å². The number of likely N-dealkylation sites (tertiary alicyclic amines) is 1. The van der Waals surface area contributed by atoms with Crippen LogP contribution in [0.3, 0.4) is 0 Å².